The lowest BCUT2D eigenvalue weighted by atomic mass is 10.1. The van der Waals surface area contributed by atoms with Crippen molar-refractivity contribution in [2.75, 3.05) is 17.3 Å². The van der Waals surface area contributed by atoms with Crippen LogP contribution in [0.15, 0.2) is 33.2 Å². The fourth-order valence-corrected chi connectivity index (χ4v) is 6.97. The quantitative estimate of drug-likeness (QED) is 0.371. The average Bonchev–Trinajstić information content (AvgIpc) is 3.47. The Morgan fingerprint density at radius 2 is 2.20 bits per heavy atom. The first-order valence-electron chi connectivity index (χ1n) is 9.68. The number of nitrogens with zero attached hydrogens (tertiary/aromatic N) is 3. The van der Waals surface area contributed by atoms with Crippen LogP contribution in [0.4, 0.5) is 0 Å². The molecule has 0 bridgehead atoms. The van der Waals surface area contributed by atoms with Gasteiger partial charge in [-0.2, -0.15) is 0 Å². The van der Waals surface area contributed by atoms with E-state index in [4.69, 9.17) is 4.42 Å². The third-order valence-electron chi connectivity index (χ3n) is 5.33. The zero-order valence-electron chi connectivity index (χ0n) is 16.8. The number of aromatic nitrogens is 3. The van der Waals surface area contributed by atoms with Crippen LogP contribution in [0.1, 0.15) is 38.9 Å². The van der Waals surface area contributed by atoms with Gasteiger partial charge in [-0.15, -0.1) is 21.5 Å². The number of carbonyl (C=O) groups is 1. The summed E-state index contributed by atoms with van der Waals surface area (Å²) >= 11 is 2.92. The molecule has 10 heteroatoms. The number of ketones is 1. The molecule has 160 valence electrons. The van der Waals surface area contributed by atoms with Crippen LogP contribution in [0.25, 0.3) is 0 Å². The van der Waals surface area contributed by atoms with Crippen LogP contribution in [0.2, 0.25) is 0 Å². The molecule has 0 amide bonds. The molecular weight excluding hydrogens is 442 g/mol. The molecule has 7 nitrogen and oxygen atoms in total. The molecule has 3 aromatic heterocycles. The number of carbonyl (C=O) groups excluding carboxylic acids is 1. The van der Waals surface area contributed by atoms with Crippen molar-refractivity contribution < 1.29 is 17.6 Å². The van der Waals surface area contributed by atoms with Gasteiger partial charge in [0.15, 0.2) is 15.6 Å². The van der Waals surface area contributed by atoms with E-state index in [1.54, 1.807) is 11.3 Å². The van der Waals surface area contributed by atoms with Crippen molar-refractivity contribution in [1.29, 1.82) is 0 Å². The van der Waals surface area contributed by atoms with Gasteiger partial charge in [0.05, 0.1) is 23.8 Å². The minimum Gasteiger partial charge on any atom is -0.416 e. The summed E-state index contributed by atoms with van der Waals surface area (Å²) in [7, 11) is -2.92. The highest BCUT2D eigenvalue weighted by Gasteiger charge is 2.29. The summed E-state index contributed by atoms with van der Waals surface area (Å²) in [4.78, 5) is 14.0. The number of sulfone groups is 1. The van der Waals surface area contributed by atoms with Crippen LogP contribution in [-0.4, -0.2) is 46.2 Å². The number of aryl methyl sites for hydroxylation is 1. The topological polar surface area (TPSA) is 95.1 Å². The summed E-state index contributed by atoms with van der Waals surface area (Å²) in [6, 6.07) is 6.06. The van der Waals surface area contributed by atoms with Crippen molar-refractivity contribution in [3.8, 4) is 0 Å². The normalized spacial score (nSPS) is 18.1. The summed E-state index contributed by atoms with van der Waals surface area (Å²) in [5.74, 6) is 1.10. The molecule has 0 spiro atoms. The average molecular weight is 466 g/mol. The van der Waals surface area contributed by atoms with Crippen LogP contribution >= 0.6 is 23.1 Å². The highest BCUT2D eigenvalue weighted by molar-refractivity contribution is 7.99. The minimum absolute atomic E-state index is 0.0205. The van der Waals surface area contributed by atoms with Crippen LogP contribution < -0.4 is 0 Å². The molecule has 0 N–H and O–H groups in total. The van der Waals surface area contributed by atoms with Gasteiger partial charge in [0.1, 0.15) is 0 Å². The minimum atomic E-state index is -2.92. The smallest absolute Gasteiger partial charge is 0.277 e. The zero-order chi connectivity index (χ0) is 21.3. The van der Waals surface area contributed by atoms with Gasteiger partial charge < -0.3 is 8.98 Å². The van der Waals surface area contributed by atoms with Gasteiger partial charge in [0.2, 0.25) is 5.89 Å². The van der Waals surface area contributed by atoms with E-state index in [-0.39, 0.29) is 29.0 Å². The third-order valence-corrected chi connectivity index (χ3v) is 8.85. The van der Waals surface area contributed by atoms with E-state index in [1.165, 1.54) is 16.6 Å². The van der Waals surface area contributed by atoms with Crippen molar-refractivity contribution in [1.82, 2.24) is 14.8 Å². The fraction of sp³-hybridized carbons (Fsp3) is 0.450. The van der Waals surface area contributed by atoms with Gasteiger partial charge in [0.25, 0.3) is 5.22 Å². The Kier molecular flexibility index (Phi) is 6.17. The number of hydrogen-bond donors (Lipinski definition) is 0. The maximum absolute atomic E-state index is 12.8. The van der Waals surface area contributed by atoms with E-state index in [1.807, 2.05) is 26.0 Å². The number of hydrogen-bond acceptors (Lipinski definition) is 8. The molecule has 0 aromatic carbocycles. The molecule has 0 aliphatic carbocycles. The Labute approximate surface area is 183 Å². The Morgan fingerprint density at radius 3 is 2.90 bits per heavy atom. The lowest BCUT2D eigenvalue weighted by Gasteiger charge is -2.08. The summed E-state index contributed by atoms with van der Waals surface area (Å²) in [6.07, 6.45) is 1.09. The Morgan fingerprint density at radius 1 is 1.37 bits per heavy atom. The molecule has 4 heterocycles. The van der Waals surface area contributed by atoms with Gasteiger partial charge >= 0.3 is 0 Å². The summed E-state index contributed by atoms with van der Waals surface area (Å²) < 4.78 is 30.9. The monoisotopic (exact) mass is 465 g/mol. The van der Waals surface area contributed by atoms with E-state index in [0.717, 1.165) is 17.9 Å². The maximum Gasteiger partial charge on any atom is 0.277 e. The van der Waals surface area contributed by atoms with E-state index >= 15 is 0 Å². The van der Waals surface area contributed by atoms with Gasteiger partial charge in [-0.05, 0) is 43.7 Å². The SMILES string of the molecule is Cc1cc(C(=O)CSc2nnc(C[C@H]3CCS(=O)(=O)C3)o2)c(C)n1Cc1cccs1. The maximum atomic E-state index is 12.8. The highest BCUT2D eigenvalue weighted by Crippen LogP contribution is 2.25. The third kappa shape index (κ3) is 4.87. The fourth-order valence-electron chi connectivity index (χ4n) is 3.75. The molecule has 4 rings (SSSR count). The summed E-state index contributed by atoms with van der Waals surface area (Å²) in [6.45, 7) is 4.75. The first-order chi connectivity index (χ1) is 14.3. The predicted octanol–water partition coefficient (Wildman–Crippen LogP) is 3.55. The van der Waals surface area contributed by atoms with Crippen LogP contribution in [0.3, 0.4) is 0 Å². The van der Waals surface area contributed by atoms with Crippen molar-refractivity contribution in [2.45, 2.75) is 38.5 Å². The molecule has 1 atom stereocenters. The number of rotatable bonds is 8. The van der Waals surface area contributed by atoms with Crippen molar-refractivity contribution in [3.05, 3.63) is 51.3 Å². The van der Waals surface area contributed by atoms with Gasteiger partial charge in [-0.25, -0.2) is 8.42 Å². The first-order valence-corrected chi connectivity index (χ1v) is 13.4. The molecule has 0 saturated carbocycles. The lowest BCUT2D eigenvalue weighted by molar-refractivity contribution is 0.102. The van der Waals surface area contributed by atoms with Crippen molar-refractivity contribution in [2.24, 2.45) is 5.92 Å². The Balaban J connectivity index is 1.36. The second-order valence-corrected chi connectivity index (χ2v) is 11.8. The summed E-state index contributed by atoms with van der Waals surface area (Å²) in [5, 5.41) is 10.4. The molecule has 0 radical (unpaired) electrons. The molecule has 1 aliphatic heterocycles. The lowest BCUT2D eigenvalue weighted by Crippen LogP contribution is -2.07. The van der Waals surface area contributed by atoms with Crippen molar-refractivity contribution in [3.63, 3.8) is 0 Å². The van der Waals surface area contributed by atoms with Gasteiger partial charge in [-0.1, -0.05) is 17.8 Å². The van der Waals surface area contributed by atoms with Crippen molar-refractivity contribution >= 4 is 38.7 Å². The van der Waals surface area contributed by atoms with E-state index in [0.29, 0.717) is 29.5 Å². The molecule has 3 aromatic rings. The van der Waals surface area contributed by atoms with Crippen LogP contribution in [0, 0.1) is 19.8 Å². The predicted molar refractivity (Wildman–Crippen MR) is 117 cm³/mol. The molecule has 30 heavy (non-hydrogen) atoms. The van der Waals surface area contributed by atoms with E-state index in [9.17, 15) is 13.2 Å². The number of Topliss-reactive ketones (excluding diaryl/α,β-unsaturated/α-hetero) is 1. The summed E-state index contributed by atoms with van der Waals surface area (Å²) in [5.41, 5.74) is 2.73. The largest absolute Gasteiger partial charge is 0.416 e. The molecule has 0 unspecified atom stereocenters. The molecular formula is C20H23N3O4S3. The molecule has 1 fully saturated rings. The van der Waals surface area contributed by atoms with Crippen LogP contribution in [0.5, 0.6) is 0 Å². The van der Waals surface area contributed by atoms with Gasteiger partial charge in [-0.3, -0.25) is 4.79 Å². The second-order valence-electron chi connectivity index (χ2n) is 7.60. The standard InChI is InChI=1S/C20H23N3O4S3/c1-13-8-17(14(2)23(13)10-16-4-3-6-28-16)18(24)11-29-20-22-21-19(27-20)9-15-5-7-30(25,26)12-15/h3-4,6,8,15H,5,7,9-12H2,1-2H3/t15-/m1/s1. The van der Waals surface area contributed by atoms with Crippen LogP contribution in [-0.2, 0) is 22.8 Å². The van der Waals surface area contributed by atoms with E-state index in [2.05, 4.69) is 26.2 Å². The number of thioether (sulfide) groups is 1. The molecule has 1 aliphatic rings. The number of thiophene rings is 1. The van der Waals surface area contributed by atoms with Gasteiger partial charge in [0, 0.05) is 28.2 Å². The highest BCUT2D eigenvalue weighted by atomic mass is 32.2. The zero-order valence-corrected chi connectivity index (χ0v) is 19.3. The Hall–Kier alpha value is -1.91. The Bertz CT molecular complexity index is 1150. The second kappa shape index (κ2) is 8.68. The van der Waals surface area contributed by atoms with E-state index < -0.39 is 9.84 Å². The first kappa shape index (κ1) is 21.3. The molecule has 1 saturated heterocycles.